The van der Waals surface area contributed by atoms with Gasteiger partial charge in [0.25, 0.3) is 5.91 Å². The van der Waals surface area contributed by atoms with E-state index in [9.17, 15) is 4.79 Å². The quantitative estimate of drug-likeness (QED) is 0.945. The first-order chi connectivity index (χ1) is 10.2. The largest absolute Gasteiger partial charge is 0.489 e. The van der Waals surface area contributed by atoms with Crippen LogP contribution in [-0.2, 0) is 0 Å². The van der Waals surface area contributed by atoms with Crippen LogP contribution in [0.3, 0.4) is 0 Å². The minimum atomic E-state index is 0.0520. The molecule has 1 amide bonds. The zero-order valence-electron chi connectivity index (χ0n) is 11.6. The van der Waals surface area contributed by atoms with Gasteiger partial charge in [-0.1, -0.05) is 23.7 Å². The summed E-state index contributed by atoms with van der Waals surface area (Å²) in [6.45, 7) is 1.40. The summed E-state index contributed by atoms with van der Waals surface area (Å²) < 4.78 is 5.93. The predicted octanol–water partition coefficient (Wildman–Crippen LogP) is 3.35. The van der Waals surface area contributed by atoms with E-state index in [0.29, 0.717) is 29.6 Å². The molecular weight excluding hydrogens is 288 g/mol. The summed E-state index contributed by atoms with van der Waals surface area (Å²) in [7, 11) is 0. The van der Waals surface area contributed by atoms with Gasteiger partial charge in [-0.25, -0.2) is 0 Å². The number of likely N-dealkylation sites (tertiary alicyclic amines) is 1. The van der Waals surface area contributed by atoms with E-state index in [1.165, 1.54) is 0 Å². The standard InChI is InChI=1S/C16H17ClN2O2/c17-13-4-1-2-6-15(13)21-12-7-10-19(11-8-12)16(20)14-5-3-9-18-14/h1-6,9,12,18H,7-8,10-11H2. The first kappa shape index (κ1) is 14.0. The van der Waals surface area contributed by atoms with Gasteiger partial charge in [-0.2, -0.15) is 0 Å². The Morgan fingerprint density at radius 1 is 1.19 bits per heavy atom. The van der Waals surface area contributed by atoms with Crippen molar-refractivity contribution >= 4 is 17.5 Å². The Labute approximate surface area is 128 Å². The first-order valence-electron chi connectivity index (χ1n) is 7.08. The van der Waals surface area contributed by atoms with E-state index in [2.05, 4.69) is 4.98 Å². The molecule has 0 aliphatic carbocycles. The Kier molecular flexibility index (Phi) is 4.15. The van der Waals surface area contributed by atoms with Gasteiger partial charge >= 0.3 is 0 Å². The molecule has 1 N–H and O–H groups in total. The zero-order chi connectivity index (χ0) is 14.7. The number of nitrogens with zero attached hydrogens (tertiary/aromatic N) is 1. The number of hydrogen-bond acceptors (Lipinski definition) is 2. The molecule has 4 nitrogen and oxygen atoms in total. The van der Waals surface area contributed by atoms with Gasteiger partial charge in [0, 0.05) is 32.1 Å². The number of halogens is 1. The molecule has 5 heteroatoms. The molecule has 21 heavy (non-hydrogen) atoms. The zero-order valence-corrected chi connectivity index (χ0v) is 12.3. The van der Waals surface area contributed by atoms with Gasteiger partial charge in [0.1, 0.15) is 17.5 Å². The first-order valence-corrected chi connectivity index (χ1v) is 7.45. The molecule has 1 aromatic carbocycles. The molecule has 1 aliphatic rings. The third kappa shape index (κ3) is 3.22. The molecule has 1 aromatic heterocycles. The summed E-state index contributed by atoms with van der Waals surface area (Å²) >= 11 is 6.10. The normalized spacial score (nSPS) is 16.0. The van der Waals surface area contributed by atoms with E-state index in [1.807, 2.05) is 35.2 Å². The van der Waals surface area contributed by atoms with E-state index in [1.54, 1.807) is 12.3 Å². The molecular formula is C16H17ClN2O2. The number of rotatable bonds is 3. The highest BCUT2D eigenvalue weighted by molar-refractivity contribution is 6.32. The second-order valence-electron chi connectivity index (χ2n) is 5.12. The van der Waals surface area contributed by atoms with Crippen molar-refractivity contribution in [2.45, 2.75) is 18.9 Å². The van der Waals surface area contributed by atoms with Crippen LogP contribution in [0.2, 0.25) is 5.02 Å². The molecule has 110 valence electrons. The SMILES string of the molecule is O=C(c1ccc[nH]1)N1CCC(Oc2ccccc2Cl)CC1. The third-order valence-electron chi connectivity index (χ3n) is 3.69. The number of amides is 1. The van der Waals surface area contributed by atoms with Crippen LogP contribution in [0.1, 0.15) is 23.3 Å². The number of benzene rings is 1. The number of aromatic amines is 1. The molecule has 2 aromatic rings. The van der Waals surface area contributed by atoms with E-state index in [4.69, 9.17) is 16.3 Å². The van der Waals surface area contributed by atoms with Gasteiger partial charge in [-0.05, 0) is 24.3 Å². The van der Waals surface area contributed by atoms with Crippen molar-refractivity contribution in [2.75, 3.05) is 13.1 Å². The fourth-order valence-electron chi connectivity index (χ4n) is 2.53. The minimum absolute atomic E-state index is 0.0520. The summed E-state index contributed by atoms with van der Waals surface area (Å²) in [5, 5.41) is 0.627. The molecule has 3 rings (SSSR count). The summed E-state index contributed by atoms with van der Waals surface area (Å²) in [4.78, 5) is 17.0. The number of carbonyl (C=O) groups is 1. The van der Waals surface area contributed by atoms with Crippen LogP contribution < -0.4 is 4.74 Å². The molecule has 1 aliphatic heterocycles. The predicted molar refractivity (Wildman–Crippen MR) is 81.8 cm³/mol. The average Bonchev–Trinajstić information content (AvgIpc) is 3.04. The third-order valence-corrected chi connectivity index (χ3v) is 4.00. The Hall–Kier alpha value is -1.94. The van der Waals surface area contributed by atoms with Crippen LogP contribution in [0.5, 0.6) is 5.75 Å². The molecule has 0 bridgehead atoms. The van der Waals surface area contributed by atoms with Gasteiger partial charge in [0.2, 0.25) is 0 Å². The molecule has 0 spiro atoms. The fourth-order valence-corrected chi connectivity index (χ4v) is 2.71. The number of ether oxygens (including phenoxy) is 1. The van der Waals surface area contributed by atoms with Gasteiger partial charge in [-0.15, -0.1) is 0 Å². The summed E-state index contributed by atoms with van der Waals surface area (Å²) in [5.74, 6) is 0.768. The van der Waals surface area contributed by atoms with Crippen LogP contribution >= 0.6 is 11.6 Å². The molecule has 0 atom stereocenters. The smallest absolute Gasteiger partial charge is 0.270 e. The van der Waals surface area contributed by atoms with Crippen molar-refractivity contribution in [3.05, 3.63) is 53.3 Å². The highest BCUT2D eigenvalue weighted by Gasteiger charge is 2.25. The Balaban J connectivity index is 1.56. The Morgan fingerprint density at radius 3 is 2.62 bits per heavy atom. The van der Waals surface area contributed by atoms with Crippen LogP contribution in [0.15, 0.2) is 42.6 Å². The van der Waals surface area contributed by atoms with Crippen LogP contribution in [0.4, 0.5) is 0 Å². The van der Waals surface area contributed by atoms with Crippen molar-refractivity contribution in [3.63, 3.8) is 0 Å². The summed E-state index contributed by atoms with van der Waals surface area (Å²) in [6.07, 6.45) is 3.51. The van der Waals surface area contributed by atoms with Crippen molar-refractivity contribution in [1.82, 2.24) is 9.88 Å². The van der Waals surface area contributed by atoms with E-state index < -0.39 is 0 Å². The lowest BCUT2D eigenvalue weighted by Crippen LogP contribution is -2.41. The highest BCUT2D eigenvalue weighted by Crippen LogP contribution is 2.27. The maximum atomic E-state index is 12.2. The fraction of sp³-hybridized carbons (Fsp3) is 0.312. The summed E-state index contributed by atoms with van der Waals surface area (Å²) in [6, 6.07) is 11.1. The van der Waals surface area contributed by atoms with E-state index in [0.717, 1.165) is 12.8 Å². The number of H-pyrrole nitrogens is 1. The highest BCUT2D eigenvalue weighted by atomic mass is 35.5. The lowest BCUT2D eigenvalue weighted by atomic mass is 10.1. The number of nitrogens with one attached hydrogen (secondary N) is 1. The van der Waals surface area contributed by atoms with Gasteiger partial charge in [0.05, 0.1) is 5.02 Å². The van der Waals surface area contributed by atoms with Gasteiger partial charge < -0.3 is 14.6 Å². The van der Waals surface area contributed by atoms with E-state index in [-0.39, 0.29) is 12.0 Å². The molecule has 0 saturated carbocycles. The molecule has 0 unspecified atom stereocenters. The number of para-hydroxylation sites is 1. The Morgan fingerprint density at radius 2 is 1.95 bits per heavy atom. The average molecular weight is 305 g/mol. The van der Waals surface area contributed by atoms with Gasteiger partial charge in [0.15, 0.2) is 0 Å². The molecule has 1 saturated heterocycles. The van der Waals surface area contributed by atoms with Crippen LogP contribution in [-0.4, -0.2) is 35.0 Å². The van der Waals surface area contributed by atoms with Crippen molar-refractivity contribution in [3.8, 4) is 5.75 Å². The second kappa shape index (κ2) is 6.22. The van der Waals surface area contributed by atoms with Crippen LogP contribution in [0.25, 0.3) is 0 Å². The number of aromatic nitrogens is 1. The molecule has 2 heterocycles. The molecule has 1 fully saturated rings. The van der Waals surface area contributed by atoms with E-state index >= 15 is 0 Å². The monoisotopic (exact) mass is 304 g/mol. The summed E-state index contributed by atoms with van der Waals surface area (Å²) in [5.41, 5.74) is 0.639. The second-order valence-corrected chi connectivity index (χ2v) is 5.53. The van der Waals surface area contributed by atoms with Gasteiger partial charge in [-0.3, -0.25) is 4.79 Å². The van der Waals surface area contributed by atoms with Crippen LogP contribution in [0, 0.1) is 0 Å². The maximum absolute atomic E-state index is 12.2. The topological polar surface area (TPSA) is 45.3 Å². The lowest BCUT2D eigenvalue weighted by Gasteiger charge is -2.32. The van der Waals surface area contributed by atoms with Crippen molar-refractivity contribution < 1.29 is 9.53 Å². The molecule has 0 radical (unpaired) electrons. The van der Waals surface area contributed by atoms with Crippen molar-refractivity contribution in [1.29, 1.82) is 0 Å². The Bertz CT molecular complexity index is 604. The van der Waals surface area contributed by atoms with Crippen molar-refractivity contribution in [2.24, 2.45) is 0 Å². The maximum Gasteiger partial charge on any atom is 0.270 e. The lowest BCUT2D eigenvalue weighted by molar-refractivity contribution is 0.0591. The minimum Gasteiger partial charge on any atom is -0.489 e. The number of hydrogen-bond donors (Lipinski definition) is 1. The number of carbonyl (C=O) groups excluding carboxylic acids is 1. The number of piperidine rings is 1.